The predicted octanol–water partition coefficient (Wildman–Crippen LogP) is 0.276. The molecule has 0 aromatic carbocycles. The molecule has 13 heavy (non-hydrogen) atoms. The van der Waals surface area contributed by atoms with E-state index in [0.717, 1.165) is 0 Å². The maximum atomic E-state index is 13.1. The number of rotatable bonds is 3. The first-order valence-corrected chi connectivity index (χ1v) is 5.92. The summed E-state index contributed by atoms with van der Waals surface area (Å²) >= 11 is 0. The zero-order valence-corrected chi connectivity index (χ0v) is 8.20. The molecular weight excluding hydrogens is 200 g/mol. The molecule has 3 nitrogen and oxygen atoms in total. The summed E-state index contributed by atoms with van der Waals surface area (Å²) in [6, 6.07) is 0. The Balaban J connectivity index is 2.65. The van der Waals surface area contributed by atoms with Crippen molar-refractivity contribution in [3.8, 4) is 0 Å². The number of nitrogens with one attached hydrogen (secondary N) is 1. The summed E-state index contributed by atoms with van der Waals surface area (Å²) < 4.78 is 48.2. The van der Waals surface area contributed by atoms with Gasteiger partial charge in [0.15, 0.2) is 9.84 Å². The molecule has 6 heteroatoms. The third kappa shape index (κ3) is 2.60. The lowest BCUT2D eigenvalue weighted by molar-refractivity contribution is -0.0449. The molecule has 0 spiro atoms. The molecule has 1 N–H and O–H groups in total. The summed E-state index contributed by atoms with van der Waals surface area (Å²) in [4.78, 5) is 0. The zero-order valence-electron chi connectivity index (χ0n) is 7.39. The first-order chi connectivity index (χ1) is 5.87. The van der Waals surface area contributed by atoms with Crippen molar-refractivity contribution in [1.82, 2.24) is 5.32 Å². The average molecular weight is 213 g/mol. The van der Waals surface area contributed by atoms with Gasteiger partial charge in [-0.2, -0.15) is 0 Å². The number of halogens is 2. The maximum Gasteiger partial charge on any atom is 0.264 e. The molecule has 1 heterocycles. The molecule has 0 aromatic heterocycles. The molecule has 0 aromatic rings. The van der Waals surface area contributed by atoms with E-state index in [2.05, 4.69) is 5.32 Å². The van der Waals surface area contributed by atoms with E-state index in [0.29, 0.717) is 0 Å². The largest absolute Gasteiger partial charge is 0.314 e. The van der Waals surface area contributed by atoms with Crippen molar-refractivity contribution < 1.29 is 17.2 Å². The fraction of sp³-hybridized carbons (Fsp3) is 1.00. The van der Waals surface area contributed by atoms with Crippen LogP contribution in [0.4, 0.5) is 8.78 Å². The van der Waals surface area contributed by atoms with Crippen molar-refractivity contribution in [3.05, 3.63) is 0 Å². The number of hydrogen-bond donors (Lipinski definition) is 1. The van der Waals surface area contributed by atoms with Crippen LogP contribution in [0.5, 0.6) is 0 Å². The fourth-order valence-corrected chi connectivity index (χ4v) is 3.34. The third-order valence-corrected chi connectivity index (χ3v) is 4.01. The predicted molar refractivity (Wildman–Crippen MR) is 45.6 cm³/mol. The Morgan fingerprint density at radius 2 is 2.15 bits per heavy atom. The molecular formula is C7H13F2NO2S. The first-order valence-electron chi connectivity index (χ1n) is 4.10. The molecule has 0 bridgehead atoms. The van der Waals surface area contributed by atoms with Gasteiger partial charge in [-0.25, -0.2) is 17.2 Å². The molecule has 0 amide bonds. The minimum Gasteiger partial charge on any atom is -0.314 e. The van der Waals surface area contributed by atoms with Gasteiger partial charge >= 0.3 is 0 Å². The molecule has 0 radical (unpaired) electrons. The van der Waals surface area contributed by atoms with Crippen LogP contribution < -0.4 is 5.32 Å². The number of hydrogen-bond acceptors (Lipinski definition) is 3. The van der Waals surface area contributed by atoms with Crippen molar-refractivity contribution >= 4 is 9.84 Å². The Morgan fingerprint density at radius 3 is 2.54 bits per heavy atom. The summed E-state index contributed by atoms with van der Waals surface area (Å²) in [6.07, 6.45) is 0.0804. The number of sulfone groups is 1. The number of alkyl halides is 2. The highest BCUT2D eigenvalue weighted by molar-refractivity contribution is 7.91. The fourth-order valence-electron chi connectivity index (χ4n) is 1.51. The summed E-state index contributed by atoms with van der Waals surface area (Å²) in [5.41, 5.74) is 0. The minimum absolute atomic E-state index is 0.0804. The Hall–Kier alpha value is -0.230. The van der Waals surface area contributed by atoms with Crippen LogP contribution in [0.15, 0.2) is 0 Å². The van der Waals surface area contributed by atoms with E-state index < -0.39 is 28.2 Å². The van der Waals surface area contributed by atoms with Gasteiger partial charge in [-0.3, -0.25) is 0 Å². The summed E-state index contributed by atoms with van der Waals surface area (Å²) in [6.45, 7) is -0.451. The van der Waals surface area contributed by atoms with Gasteiger partial charge in [0, 0.05) is 5.92 Å². The van der Waals surface area contributed by atoms with Crippen LogP contribution >= 0.6 is 0 Å². The third-order valence-electron chi connectivity index (χ3n) is 2.24. The lowest BCUT2D eigenvalue weighted by Gasteiger charge is -2.21. The molecule has 1 fully saturated rings. The molecule has 1 saturated heterocycles. The van der Waals surface area contributed by atoms with Crippen molar-refractivity contribution in [2.75, 3.05) is 25.1 Å². The van der Waals surface area contributed by atoms with E-state index in [1.807, 2.05) is 0 Å². The Kier molecular flexibility index (Phi) is 2.91. The van der Waals surface area contributed by atoms with Crippen LogP contribution in [0.1, 0.15) is 6.42 Å². The van der Waals surface area contributed by atoms with Crippen LogP contribution in [0.3, 0.4) is 0 Å². The molecule has 1 atom stereocenters. The average Bonchev–Trinajstić information content (AvgIpc) is 2.30. The molecule has 0 saturated carbocycles. The van der Waals surface area contributed by atoms with E-state index in [4.69, 9.17) is 0 Å². The molecule has 1 aliphatic rings. The molecule has 1 unspecified atom stereocenters. The highest BCUT2D eigenvalue weighted by Gasteiger charge is 2.45. The molecule has 1 aliphatic heterocycles. The topological polar surface area (TPSA) is 46.2 Å². The van der Waals surface area contributed by atoms with Gasteiger partial charge in [0.2, 0.25) is 0 Å². The van der Waals surface area contributed by atoms with Gasteiger partial charge in [-0.05, 0) is 13.5 Å². The second kappa shape index (κ2) is 3.49. The first kappa shape index (κ1) is 10.8. The second-order valence-corrected chi connectivity index (χ2v) is 5.62. The van der Waals surface area contributed by atoms with Gasteiger partial charge < -0.3 is 5.32 Å². The van der Waals surface area contributed by atoms with Crippen molar-refractivity contribution in [2.24, 2.45) is 5.92 Å². The quantitative estimate of drug-likeness (QED) is 0.732. The Bertz CT molecular complexity index is 276. The van der Waals surface area contributed by atoms with Crippen molar-refractivity contribution in [3.63, 3.8) is 0 Å². The molecule has 1 rings (SSSR count). The smallest absolute Gasteiger partial charge is 0.264 e. The van der Waals surface area contributed by atoms with E-state index in [1.165, 1.54) is 7.05 Å². The summed E-state index contributed by atoms with van der Waals surface area (Å²) in [7, 11) is -1.78. The lowest BCUT2D eigenvalue weighted by Crippen LogP contribution is -2.38. The van der Waals surface area contributed by atoms with E-state index in [1.54, 1.807) is 0 Å². The molecule has 78 valence electrons. The maximum absolute atomic E-state index is 13.1. The normalized spacial score (nSPS) is 27.8. The Morgan fingerprint density at radius 1 is 1.54 bits per heavy atom. The highest BCUT2D eigenvalue weighted by Crippen LogP contribution is 2.32. The molecule has 0 aliphatic carbocycles. The van der Waals surface area contributed by atoms with Gasteiger partial charge in [0.25, 0.3) is 5.92 Å². The highest BCUT2D eigenvalue weighted by atomic mass is 32.2. The van der Waals surface area contributed by atoms with Crippen LogP contribution in [-0.4, -0.2) is 39.4 Å². The standard InChI is InChI=1S/C7H13F2NO2S/c1-10-5-7(8,9)6-2-3-13(11,12)4-6/h6,10H,2-5H2,1H3. The van der Waals surface area contributed by atoms with Crippen LogP contribution in [0.25, 0.3) is 0 Å². The van der Waals surface area contributed by atoms with Gasteiger partial charge in [-0.1, -0.05) is 0 Å². The van der Waals surface area contributed by atoms with Crippen LogP contribution in [0, 0.1) is 5.92 Å². The van der Waals surface area contributed by atoms with Gasteiger partial charge in [0.05, 0.1) is 18.1 Å². The summed E-state index contributed by atoms with van der Waals surface area (Å²) in [5.74, 6) is -4.39. The van der Waals surface area contributed by atoms with E-state index >= 15 is 0 Å². The SMILES string of the molecule is CNCC(F)(F)C1CCS(=O)(=O)C1. The lowest BCUT2D eigenvalue weighted by atomic mass is 10.0. The summed E-state index contributed by atoms with van der Waals surface area (Å²) in [5, 5.41) is 2.37. The van der Waals surface area contributed by atoms with Crippen molar-refractivity contribution in [2.45, 2.75) is 12.3 Å². The van der Waals surface area contributed by atoms with Crippen LogP contribution in [0.2, 0.25) is 0 Å². The zero-order chi connectivity index (χ0) is 10.1. The van der Waals surface area contributed by atoms with Gasteiger partial charge in [0.1, 0.15) is 0 Å². The van der Waals surface area contributed by atoms with Crippen molar-refractivity contribution in [1.29, 1.82) is 0 Å². The minimum atomic E-state index is -3.20. The van der Waals surface area contributed by atoms with E-state index in [-0.39, 0.29) is 17.9 Å². The van der Waals surface area contributed by atoms with Crippen LogP contribution in [-0.2, 0) is 9.84 Å². The van der Waals surface area contributed by atoms with Gasteiger partial charge in [-0.15, -0.1) is 0 Å². The Labute approximate surface area is 76.4 Å². The second-order valence-electron chi connectivity index (χ2n) is 3.39. The van der Waals surface area contributed by atoms with E-state index in [9.17, 15) is 17.2 Å². The monoisotopic (exact) mass is 213 g/mol.